The Bertz CT molecular complexity index is 339. The highest BCUT2D eigenvalue weighted by Gasteiger charge is 2.49. The second kappa shape index (κ2) is 4.23. The lowest BCUT2D eigenvalue weighted by Crippen LogP contribution is -2.53. The van der Waals surface area contributed by atoms with E-state index >= 15 is 0 Å². The molecule has 3 aliphatic rings. The molecule has 0 spiro atoms. The number of rotatable bonds is 2. The predicted octanol–water partition coefficient (Wildman–Crippen LogP) is 4.75. The Labute approximate surface area is 119 Å². The first-order valence-corrected chi connectivity index (χ1v) is 8.45. The molecule has 1 heteroatoms. The molecule has 2 N–H and O–H groups in total. The standard InChI is InChI=1S/C18H33N/c1-16(2)10-17(3,4)12-18(19,11-16)9-15-8-13-5-6-14(15)7-13/h13-15H,5-12,19H2,1-4H3. The highest BCUT2D eigenvalue weighted by atomic mass is 14.8. The van der Waals surface area contributed by atoms with Crippen molar-refractivity contribution in [3.8, 4) is 0 Å². The Kier molecular flexibility index (Phi) is 3.10. The van der Waals surface area contributed by atoms with Gasteiger partial charge in [0.2, 0.25) is 0 Å². The lowest BCUT2D eigenvalue weighted by molar-refractivity contribution is 0.0311. The molecule has 19 heavy (non-hydrogen) atoms. The average Bonchev–Trinajstić information content (AvgIpc) is 2.70. The van der Waals surface area contributed by atoms with Gasteiger partial charge < -0.3 is 5.73 Å². The molecule has 0 aromatic carbocycles. The molecule has 0 amide bonds. The quantitative estimate of drug-likeness (QED) is 0.764. The highest BCUT2D eigenvalue weighted by molar-refractivity contribution is 5.03. The summed E-state index contributed by atoms with van der Waals surface area (Å²) in [4.78, 5) is 0. The number of fused-ring (bicyclic) bond motifs is 2. The van der Waals surface area contributed by atoms with Gasteiger partial charge in [0.1, 0.15) is 0 Å². The third-order valence-corrected chi connectivity index (χ3v) is 6.17. The van der Waals surface area contributed by atoms with Gasteiger partial charge in [-0.2, -0.15) is 0 Å². The second-order valence-electron chi connectivity index (χ2n) is 9.86. The lowest BCUT2D eigenvalue weighted by Gasteiger charge is -2.51. The van der Waals surface area contributed by atoms with E-state index in [0.717, 1.165) is 17.8 Å². The van der Waals surface area contributed by atoms with Crippen LogP contribution in [0.3, 0.4) is 0 Å². The Morgan fingerprint density at radius 2 is 1.53 bits per heavy atom. The summed E-state index contributed by atoms with van der Waals surface area (Å²) in [6, 6.07) is 0. The lowest BCUT2D eigenvalue weighted by atomic mass is 9.56. The molecule has 0 heterocycles. The average molecular weight is 263 g/mol. The van der Waals surface area contributed by atoms with E-state index in [1.54, 1.807) is 0 Å². The monoisotopic (exact) mass is 263 g/mol. The molecule has 2 bridgehead atoms. The maximum Gasteiger partial charge on any atom is 0.0167 e. The highest BCUT2D eigenvalue weighted by Crippen LogP contribution is 2.55. The minimum absolute atomic E-state index is 0.112. The molecule has 0 saturated heterocycles. The van der Waals surface area contributed by atoms with Crippen molar-refractivity contribution in [3.05, 3.63) is 0 Å². The predicted molar refractivity (Wildman–Crippen MR) is 81.9 cm³/mol. The summed E-state index contributed by atoms with van der Waals surface area (Å²) < 4.78 is 0. The van der Waals surface area contributed by atoms with E-state index in [9.17, 15) is 0 Å². The third-order valence-electron chi connectivity index (χ3n) is 6.17. The minimum atomic E-state index is 0.112. The maximum atomic E-state index is 6.92. The molecule has 0 aromatic heterocycles. The van der Waals surface area contributed by atoms with Crippen LogP contribution in [0.4, 0.5) is 0 Å². The van der Waals surface area contributed by atoms with Crippen LogP contribution < -0.4 is 5.73 Å². The van der Waals surface area contributed by atoms with Crippen LogP contribution >= 0.6 is 0 Å². The van der Waals surface area contributed by atoms with E-state index in [1.165, 1.54) is 51.4 Å². The van der Waals surface area contributed by atoms with Crippen LogP contribution in [0, 0.1) is 28.6 Å². The molecule has 0 aliphatic heterocycles. The van der Waals surface area contributed by atoms with Gasteiger partial charge in [0.15, 0.2) is 0 Å². The van der Waals surface area contributed by atoms with Crippen molar-refractivity contribution in [1.29, 1.82) is 0 Å². The molecular formula is C18H33N. The van der Waals surface area contributed by atoms with Crippen molar-refractivity contribution >= 4 is 0 Å². The smallest absolute Gasteiger partial charge is 0.0167 e. The molecule has 0 radical (unpaired) electrons. The fourth-order valence-corrected chi connectivity index (χ4v) is 6.68. The summed E-state index contributed by atoms with van der Waals surface area (Å²) in [5.74, 6) is 3.04. The Hall–Kier alpha value is -0.0400. The van der Waals surface area contributed by atoms with E-state index in [-0.39, 0.29) is 5.54 Å². The van der Waals surface area contributed by atoms with E-state index in [0.29, 0.717) is 10.8 Å². The summed E-state index contributed by atoms with van der Waals surface area (Å²) in [5.41, 5.74) is 7.88. The minimum Gasteiger partial charge on any atom is -0.325 e. The van der Waals surface area contributed by atoms with E-state index in [2.05, 4.69) is 27.7 Å². The fraction of sp³-hybridized carbons (Fsp3) is 1.00. The van der Waals surface area contributed by atoms with Crippen LogP contribution in [-0.4, -0.2) is 5.54 Å². The van der Waals surface area contributed by atoms with Crippen molar-refractivity contribution in [1.82, 2.24) is 0 Å². The van der Waals surface area contributed by atoms with Crippen LogP contribution in [0.1, 0.15) is 79.1 Å². The molecule has 3 saturated carbocycles. The zero-order valence-corrected chi connectivity index (χ0v) is 13.5. The van der Waals surface area contributed by atoms with Gasteiger partial charge in [0.25, 0.3) is 0 Å². The van der Waals surface area contributed by atoms with Gasteiger partial charge in [-0.1, -0.05) is 34.1 Å². The van der Waals surface area contributed by atoms with Crippen molar-refractivity contribution in [2.24, 2.45) is 34.3 Å². The van der Waals surface area contributed by atoms with E-state index in [4.69, 9.17) is 5.73 Å². The summed E-state index contributed by atoms with van der Waals surface area (Å²) >= 11 is 0. The number of hydrogen-bond donors (Lipinski definition) is 1. The third kappa shape index (κ3) is 2.86. The molecule has 1 nitrogen and oxygen atoms in total. The topological polar surface area (TPSA) is 26.0 Å². The molecule has 3 fully saturated rings. The fourth-order valence-electron chi connectivity index (χ4n) is 6.68. The molecule has 3 atom stereocenters. The number of nitrogens with two attached hydrogens (primary N) is 1. The van der Waals surface area contributed by atoms with Crippen LogP contribution in [0.25, 0.3) is 0 Å². The van der Waals surface area contributed by atoms with Gasteiger partial charge in [-0.25, -0.2) is 0 Å². The molecule has 0 aromatic rings. The van der Waals surface area contributed by atoms with Gasteiger partial charge in [-0.15, -0.1) is 0 Å². The first-order chi connectivity index (χ1) is 8.67. The van der Waals surface area contributed by atoms with Crippen molar-refractivity contribution in [3.63, 3.8) is 0 Å². The molecule has 3 rings (SSSR count). The Morgan fingerprint density at radius 1 is 0.895 bits per heavy atom. The zero-order valence-electron chi connectivity index (χ0n) is 13.5. The normalized spacial score (nSPS) is 42.5. The van der Waals surface area contributed by atoms with Crippen LogP contribution in [-0.2, 0) is 0 Å². The van der Waals surface area contributed by atoms with Crippen LogP contribution in [0.5, 0.6) is 0 Å². The Morgan fingerprint density at radius 3 is 2.00 bits per heavy atom. The summed E-state index contributed by atoms with van der Waals surface area (Å²) in [7, 11) is 0. The van der Waals surface area contributed by atoms with Crippen molar-refractivity contribution in [2.75, 3.05) is 0 Å². The Balaban J connectivity index is 1.71. The van der Waals surface area contributed by atoms with Gasteiger partial charge in [0.05, 0.1) is 0 Å². The molecule has 3 unspecified atom stereocenters. The number of hydrogen-bond acceptors (Lipinski definition) is 1. The van der Waals surface area contributed by atoms with Gasteiger partial charge >= 0.3 is 0 Å². The van der Waals surface area contributed by atoms with E-state index in [1.807, 2.05) is 0 Å². The second-order valence-corrected chi connectivity index (χ2v) is 9.86. The van der Waals surface area contributed by atoms with Gasteiger partial charge in [-0.05, 0) is 73.5 Å². The SMILES string of the molecule is CC1(C)CC(C)(C)CC(N)(CC2CC3CCC2C3)C1. The first-order valence-electron chi connectivity index (χ1n) is 8.45. The zero-order chi connectivity index (χ0) is 13.9. The first kappa shape index (κ1) is 13.9. The van der Waals surface area contributed by atoms with Crippen LogP contribution in [0.15, 0.2) is 0 Å². The van der Waals surface area contributed by atoms with E-state index < -0.39 is 0 Å². The summed E-state index contributed by atoms with van der Waals surface area (Å²) in [6.07, 6.45) is 11.1. The van der Waals surface area contributed by atoms with Crippen molar-refractivity contribution < 1.29 is 0 Å². The van der Waals surface area contributed by atoms with Crippen molar-refractivity contribution in [2.45, 2.75) is 84.6 Å². The molecular weight excluding hydrogens is 230 g/mol. The van der Waals surface area contributed by atoms with Gasteiger partial charge in [0, 0.05) is 5.54 Å². The largest absolute Gasteiger partial charge is 0.325 e. The summed E-state index contributed by atoms with van der Waals surface area (Å²) in [6.45, 7) is 9.71. The van der Waals surface area contributed by atoms with Gasteiger partial charge in [-0.3, -0.25) is 0 Å². The maximum absolute atomic E-state index is 6.92. The molecule has 110 valence electrons. The summed E-state index contributed by atoms with van der Waals surface area (Å²) in [5, 5.41) is 0. The van der Waals surface area contributed by atoms with Crippen LogP contribution in [0.2, 0.25) is 0 Å². The molecule has 3 aliphatic carbocycles.